The molecule has 5 heteroatoms. The second-order valence-corrected chi connectivity index (χ2v) is 5.79. The lowest BCUT2D eigenvalue weighted by atomic mass is 10.2. The van der Waals surface area contributed by atoms with Crippen LogP contribution in [-0.2, 0) is 9.53 Å². The van der Waals surface area contributed by atoms with Crippen LogP contribution in [0, 0.1) is 0 Å². The van der Waals surface area contributed by atoms with Crippen molar-refractivity contribution in [2.45, 2.75) is 45.3 Å². The predicted molar refractivity (Wildman–Crippen MR) is 69.2 cm³/mol. The summed E-state index contributed by atoms with van der Waals surface area (Å²) in [6.07, 6.45) is 2.25. The van der Waals surface area contributed by atoms with Crippen molar-refractivity contribution < 1.29 is 14.3 Å². The number of ketones is 1. The molecule has 1 rings (SSSR count). The molecule has 0 aliphatic heterocycles. The molecule has 1 atom stereocenters. The second-order valence-electron chi connectivity index (χ2n) is 5.79. The molecule has 1 amide bonds. The Kier molecular flexibility index (Phi) is 4.38. The highest BCUT2D eigenvalue weighted by atomic mass is 16.6. The molecule has 0 spiro atoms. The van der Waals surface area contributed by atoms with Crippen LogP contribution in [0.2, 0.25) is 0 Å². The maximum absolute atomic E-state index is 11.7. The molecule has 0 aromatic heterocycles. The average Bonchev–Trinajstić information content (AvgIpc) is 2.41. The SMILES string of the molecule is CN(C)/C=C1/CC(NC(=O)OC(C)(C)C)CC1=O. The van der Waals surface area contributed by atoms with E-state index < -0.39 is 11.7 Å². The van der Waals surface area contributed by atoms with E-state index in [-0.39, 0.29) is 11.8 Å². The zero-order valence-corrected chi connectivity index (χ0v) is 11.7. The molecule has 0 aromatic carbocycles. The van der Waals surface area contributed by atoms with E-state index in [1.165, 1.54) is 0 Å². The zero-order valence-electron chi connectivity index (χ0n) is 11.7. The standard InChI is InChI=1S/C13H22N2O3/c1-13(2,3)18-12(17)14-10-6-9(8-15(4)5)11(16)7-10/h8,10H,6-7H2,1-5H3,(H,14,17)/b9-8-. The second kappa shape index (κ2) is 5.42. The van der Waals surface area contributed by atoms with Gasteiger partial charge in [-0.25, -0.2) is 4.79 Å². The first-order valence-corrected chi connectivity index (χ1v) is 6.07. The monoisotopic (exact) mass is 254 g/mol. The number of carbonyl (C=O) groups is 2. The van der Waals surface area contributed by atoms with Gasteiger partial charge in [0.05, 0.1) is 0 Å². The average molecular weight is 254 g/mol. The third kappa shape index (κ3) is 4.77. The highest BCUT2D eigenvalue weighted by molar-refractivity contribution is 5.98. The van der Waals surface area contributed by atoms with Gasteiger partial charge in [0, 0.05) is 38.3 Å². The molecule has 0 bridgehead atoms. The van der Waals surface area contributed by atoms with Crippen molar-refractivity contribution >= 4 is 11.9 Å². The lowest BCUT2D eigenvalue weighted by Gasteiger charge is -2.21. The van der Waals surface area contributed by atoms with Gasteiger partial charge in [0.1, 0.15) is 5.60 Å². The molecule has 1 saturated carbocycles. The Labute approximate surface area is 108 Å². The molecule has 18 heavy (non-hydrogen) atoms. The molecule has 1 N–H and O–H groups in total. The van der Waals surface area contributed by atoms with Gasteiger partial charge >= 0.3 is 6.09 Å². The Hall–Kier alpha value is -1.52. The van der Waals surface area contributed by atoms with Gasteiger partial charge in [-0.15, -0.1) is 0 Å². The van der Waals surface area contributed by atoms with Crippen LogP contribution in [0.25, 0.3) is 0 Å². The van der Waals surface area contributed by atoms with E-state index in [4.69, 9.17) is 4.74 Å². The Morgan fingerprint density at radius 1 is 1.39 bits per heavy atom. The third-order valence-corrected chi connectivity index (χ3v) is 2.39. The molecule has 1 aliphatic carbocycles. The summed E-state index contributed by atoms with van der Waals surface area (Å²) >= 11 is 0. The minimum Gasteiger partial charge on any atom is -0.444 e. The quantitative estimate of drug-likeness (QED) is 0.762. The van der Waals surface area contributed by atoms with E-state index in [2.05, 4.69) is 5.32 Å². The minimum atomic E-state index is -0.519. The highest BCUT2D eigenvalue weighted by Crippen LogP contribution is 2.22. The lowest BCUT2D eigenvalue weighted by Crippen LogP contribution is -2.38. The summed E-state index contributed by atoms with van der Waals surface area (Å²) in [5, 5.41) is 2.73. The number of Topliss-reactive ketones (excluding diaryl/α,β-unsaturated/α-hetero) is 1. The van der Waals surface area contributed by atoms with Gasteiger partial charge in [-0.05, 0) is 27.2 Å². The van der Waals surface area contributed by atoms with Crippen LogP contribution in [0.5, 0.6) is 0 Å². The predicted octanol–water partition coefficient (Wildman–Crippen LogP) is 1.69. The minimum absolute atomic E-state index is 0.0877. The van der Waals surface area contributed by atoms with E-state index >= 15 is 0 Å². The summed E-state index contributed by atoms with van der Waals surface area (Å²) in [4.78, 5) is 25.1. The van der Waals surface area contributed by atoms with Crippen molar-refractivity contribution in [2.24, 2.45) is 0 Å². The maximum atomic E-state index is 11.7. The number of nitrogens with zero attached hydrogens (tertiary/aromatic N) is 1. The van der Waals surface area contributed by atoms with Gasteiger partial charge in [0.25, 0.3) is 0 Å². The molecule has 102 valence electrons. The number of amides is 1. The Morgan fingerprint density at radius 2 is 2.00 bits per heavy atom. The molecule has 0 radical (unpaired) electrons. The first-order chi connectivity index (χ1) is 8.17. The molecule has 0 aromatic rings. The van der Waals surface area contributed by atoms with E-state index in [9.17, 15) is 9.59 Å². The van der Waals surface area contributed by atoms with E-state index in [0.29, 0.717) is 12.8 Å². The molecule has 5 nitrogen and oxygen atoms in total. The van der Waals surface area contributed by atoms with Crippen molar-refractivity contribution in [3.8, 4) is 0 Å². The fourth-order valence-corrected chi connectivity index (χ4v) is 1.82. The first-order valence-electron chi connectivity index (χ1n) is 6.07. The van der Waals surface area contributed by atoms with Crippen molar-refractivity contribution in [1.82, 2.24) is 10.2 Å². The molecular formula is C13H22N2O3. The van der Waals surface area contributed by atoms with Gasteiger partial charge in [0.15, 0.2) is 5.78 Å². The number of carbonyl (C=O) groups excluding carboxylic acids is 2. The van der Waals surface area contributed by atoms with Crippen LogP contribution in [0.4, 0.5) is 4.79 Å². The number of hydrogen-bond donors (Lipinski definition) is 1. The molecule has 0 heterocycles. The van der Waals surface area contributed by atoms with Crippen LogP contribution in [0.15, 0.2) is 11.8 Å². The van der Waals surface area contributed by atoms with E-state index in [1.54, 1.807) is 6.20 Å². The number of alkyl carbamates (subject to hydrolysis) is 1. The van der Waals surface area contributed by atoms with Crippen molar-refractivity contribution in [3.63, 3.8) is 0 Å². The van der Waals surface area contributed by atoms with Crippen LogP contribution < -0.4 is 5.32 Å². The first kappa shape index (κ1) is 14.5. The van der Waals surface area contributed by atoms with Gasteiger partial charge < -0.3 is 15.0 Å². The van der Waals surface area contributed by atoms with Crippen LogP contribution in [-0.4, -0.2) is 42.5 Å². The third-order valence-electron chi connectivity index (χ3n) is 2.39. The van der Waals surface area contributed by atoms with Crippen LogP contribution in [0.3, 0.4) is 0 Å². The van der Waals surface area contributed by atoms with Crippen molar-refractivity contribution in [2.75, 3.05) is 14.1 Å². The topological polar surface area (TPSA) is 58.6 Å². The van der Waals surface area contributed by atoms with Gasteiger partial charge in [0.2, 0.25) is 0 Å². The van der Waals surface area contributed by atoms with E-state index in [1.807, 2.05) is 39.8 Å². The Balaban J connectivity index is 2.52. The molecular weight excluding hydrogens is 232 g/mol. The largest absolute Gasteiger partial charge is 0.444 e. The number of rotatable bonds is 2. The summed E-state index contributed by atoms with van der Waals surface area (Å²) in [6, 6.07) is -0.154. The summed E-state index contributed by atoms with van der Waals surface area (Å²) in [6.45, 7) is 5.43. The molecule has 1 unspecified atom stereocenters. The smallest absolute Gasteiger partial charge is 0.407 e. The summed E-state index contributed by atoms with van der Waals surface area (Å²) in [5.41, 5.74) is 0.232. The summed E-state index contributed by atoms with van der Waals surface area (Å²) in [5.74, 6) is 0.0877. The number of hydrogen-bond acceptors (Lipinski definition) is 4. The number of ether oxygens (including phenoxy) is 1. The fraction of sp³-hybridized carbons (Fsp3) is 0.692. The van der Waals surface area contributed by atoms with Crippen LogP contribution in [0.1, 0.15) is 33.6 Å². The fourth-order valence-electron chi connectivity index (χ4n) is 1.82. The molecule has 0 saturated heterocycles. The summed E-state index contributed by atoms with van der Waals surface area (Å²) < 4.78 is 5.16. The van der Waals surface area contributed by atoms with Gasteiger partial charge in [-0.3, -0.25) is 4.79 Å². The summed E-state index contributed by atoms with van der Waals surface area (Å²) in [7, 11) is 3.74. The van der Waals surface area contributed by atoms with Crippen LogP contribution >= 0.6 is 0 Å². The number of nitrogens with one attached hydrogen (secondary N) is 1. The maximum Gasteiger partial charge on any atom is 0.407 e. The van der Waals surface area contributed by atoms with Crippen molar-refractivity contribution in [1.29, 1.82) is 0 Å². The normalized spacial score (nSPS) is 22.2. The molecule has 1 fully saturated rings. The van der Waals surface area contributed by atoms with Gasteiger partial charge in [-0.2, -0.15) is 0 Å². The van der Waals surface area contributed by atoms with Crippen molar-refractivity contribution in [3.05, 3.63) is 11.8 Å². The van der Waals surface area contributed by atoms with E-state index in [0.717, 1.165) is 5.57 Å². The zero-order chi connectivity index (χ0) is 13.9. The highest BCUT2D eigenvalue weighted by Gasteiger charge is 2.29. The van der Waals surface area contributed by atoms with Gasteiger partial charge in [-0.1, -0.05) is 0 Å². The molecule has 1 aliphatic rings. The Bertz CT molecular complexity index is 367. The lowest BCUT2D eigenvalue weighted by molar-refractivity contribution is -0.114. The Morgan fingerprint density at radius 3 is 2.50 bits per heavy atom.